The predicted molar refractivity (Wildman–Crippen MR) is 103 cm³/mol. The molecular formula is C22H23NO2. The van der Waals surface area contributed by atoms with Crippen LogP contribution >= 0.6 is 0 Å². The molecule has 0 amide bonds. The molecule has 0 saturated heterocycles. The number of benzene rings is 2. The Labute approximate surface area is 149 Å². The Hall–Kier alpha value is -2.99. The fourth-order valence-electron chi connectivity index (χ4n) is 2.24. The van der Waals surface area contributed by atoms with Crippen LogP contribution in [0.1, 0.15) is 37.8 Å². The van der Waals surface area contributed by atoms with E-state index in [1.807, 2.05) is 54.6 Å². The van der Waals surface area contributed by atoms with E-state index in [9.17, 15) is 4.79 Å². The molecule has 0 unspecified atom stereocenters. The SMILES string of the molecule is CCCC#Cc1ccccc1N/C(=C/C(=O)OCC)c1ccccc1. The number of nitrogens with one attached hydrogen (secondary N) is 1. The molecule has 3 nitrogen and oxygen atoms in total. The van der Waals surface area contributed by atoms with Gasteiger partial charge in [0, 0.05) is 18.1 Å². The molecule has 2 aromatic rings. The summed E-state index contributed by atoms with van der Waals surface area (Å²) in [6.07, 6.45) is 3.37. The number of carbonyl (C=O) groups is 1. The fourth-order valence-corrected chi connectivity index (χ4v) is 2.24. The van der Waals surface area contributed by atoms with Crippen LogP contribution in [-0.2, 0) is 9.53 Å². The number of ether oxygens (including phenoxy) is 1. The smallest absolute Gasteiger partial charge is 0.332 e. The van der Waals surface area contributed by atoms with Gasteiger partial charge in [0.25, 0.3) is 0 Å². The van der Waals surface area contributed by atoms with E-state index < -0.39 is 0 Å². The van der Waals surface area contributed by atoms with Crippen molar-refractivity contribution in [2.24, 2.45) is 0 Å². The maximum Gasteiger partial charge on any atom is 0.332 e. The minimum absolute atomic E-state index is 0.344. The zero-order chi connectivity index (χ0) is 17.9. The highest BCUT2D eigenvalue weighted by molar-refractivity contribution is 5.94. The van der Waals surface area contributed by atoms with E-state index in [4.69, 9.17) is 4.74 Å². The van der Waals surface area contributed by atoms with Gasteiger partial charge in [-0.25, -0.2) is 4.79 Å². The van der Waals surface area contributed by atoms with Gasteiger partial charge < -0.3 is 10.1 Å². The molecule has 2 aromatic carbocycles. The third kappa shape index (κ3) is 5.86. The first-order chi connectivity index (χ1) is 12.2. The largest absolute Gasteiger partial charge is 0.463 e. The third-order valence-electron chi connectivity index (χ3n) is 3.43. The van der Waals surface area contributed by atoms with E-state index in [1.54, 1.807) is 6.92 Å². The predicted octanol–water partition coefficient (Wildman–Crippen LogP) is 4.85. The normalized spacial score (nSPS) is 10.6. The van der Waals surface area contributed by atoms with E-state index in [0.717, 1.165) is 29.7 Å². The van der Waals surface area contributed by atoms with Crippen LogP contribution in [0.25, 0.3) is 5.70 Å². The van der Waals surface area contributed by atoms with Gasteiger partial charge in [-0.15, -0.1) is 0 Å². The van der Waals surface area contributed by atoms with Gasteiger partial charge in [0.1, 0.15) is 0 Å². The molecule has 0 aromatic heterocycles. The van der Waals surface area contributed by atoms with Gasteiger partial charge in [0.05, 0.1) is 18.0 Å². The Morgan fingerprint density at radius 2 is 1.80 bits per heavy atom. The summed E-state index contributed by atoms with van der Waals surface area (Å²) in [5.74, 6) is 5.99. The number of anilines is 1. The van der Waals surface area contributed by atoms with E-state index in [0.29, 0.717) is 12.3 Å². The maximum absolute atomic E-state index is 11.9. The van der Waals surface area contributed by atoms with Crippen molar-refractivity contribution in [3.05, 3.63) is 71.8 Å². The maximum atomic E-state index is 11.9. The van der Waals surface area contributed by atoms with Crippen LogP contribution in [0.4, 0.5) is 5.69 Å². The van der Waals surface area contributed by atoms with Gasteiger partial charge in [0.2, 0.25) is 0 Å². The van der Waals surface area contributed by atoms with Crippen LogP contribution in [0.5, 0.6) is 0 Å². The fraction of sp³-hybridized carbons (Fsp3) is 0.227. The van der Waals surface area contributed by atoms with Crippen LogP contribution in [0.2, 0.25) is 0 Å². The van der Waals surface area contributed by atoms with Crippen molar-refractivity contribution in [3.8, 4) is 11.8 Å². The highest BCUT2D eigenvalue weighted by Crippen LogP contribution is 2.21. The molecule has 3 heteroatoms. The first-order valence-corrected chi connectivity index (χ1v) is 8.53. The summed E-state index contributed by atoms with van der Waals surface area (Å²) < 4.78 is 5.06. The third-order valence-corrected chi connectivity index (χ3v) is 3.43. The second-order valence-electron chi connectivity index (χ2n) is 5.40. The number of carbonyl (C=O) groups excluding carboxylic acids is 1. The van der Waals surface area contributed by atoms with Crippen LogP contribution in [0.3, 0.4) is 0 Å². The van der Waals surface area contributed by atoms with Gasteiger partial charge in [0.15, 0.2) is 0 Å². The molecule has 128 valence electrons. The Balaban J connectivity index is 2.35. The molecule has 0 radical (unpaired) electrons. The monoisotopic (exact) mass is 333 g/mol. The number of unbranched alkanes of at least 4 members (excludes halogenated alkanes) is 1. The lowest BCUT2D eigenvalue weighted by molar-refractivity contribution is -0.137. The number of hydrogen-bond donors (Lipinski definition) is 1. The minimum Gasteiger partial charge on any atom is -0.463 e. The first-order valence-electron chi connectivity index (χ1n) is 8.53. The molecule has 0 saturated carbocycles. The molecule has 0 spiro atoms. The van der Waals surface area contributed by atoms with E-state index in [2.05, 4.69) is 24.1 Å². The Morgan fingerprint density at radius 1 is 1.08 bits per heavy atom. The summed E-state index contributed by atoms with van der Waals surface area (Å²) >= 11 is 0. The van der Waals surface area contributed by atoms with Crippen LogP contribution in [-0.4, -0.2) is 12.6 Å². The molecule has 0 aliphatic heterocycles. The van der Waals surface area contributed by atoms with E-state index in [-0.39, 0.29) is 5.97 Å². The first kappa shape index (κ1) is 18.4. The number of rotatable bonds is 6. The Bertz CT molecular complexity index is 782. The van der Waals surface area contributed by atoms with E-state index in [1.165, 1.54) is 6.08 Å². The molecule has 0 aliphatic carbocycles. The van der Waals surface area contributed by atoms with Crippen molar-refractivity contribution in [3.63, 3.8) is 0 Å². The van der Waals surface area contributed by atoms with Gasteiger partial charge in [-0.05, 0) is 31.0 Å². The van der Waals surface area contributed by atoms with Gasteiger partial charge >= 0.3 is 5.97 Å². The molecule has 1 N–H and O–H groups in total. The van der Waals surface area contributed by atoms with E-state index >= 15 is 0 Å². The minimum atomic E-state index is -0.372. The van der Waals surface area contributed by atoms with Gasteiger partial charge in [-0.3, -0.25) is 0 Å². The molecule has 0 bridgehead atoms. The second kappa shape index (κ2) is 10.00. The van der Waals surface area contributed by atoms with Crippen LogP contribution < -0.4 is 5.32 Å². The second-order valence-corrected chi connectivity index (χ2v) is 5.40. The summed E-state index contributed by atoms with van der Waals surface area (Å²) in [7, 11) is 0. The summed E-state index contributed by atoms with van der Waals surface area (Å²) in [6.45, 7) is 4.24. The summed E-state index contributed by atoms with van der Waals surface area (Å²) in [6, 6.07) is 17.5. The van der Waals surface area contributed by atoms with Crippen molar-refractivity contribution in [2.75, 3.05) is 11.9 Å². The average molecular weight is 333 g/mol. The zero-order valence-corrected chi connectivity index (χ0v) is 14.7. The Kier molecular flexibility index (Phi) is 7.34. The van der Waals surface area contributed by atoms with Gasteiger partial charge in [-0.1, -0.05) is 61.2 Å². The standard InChI is InChI=1S/C22H23NO2/c1-3-5-7-12-18-15-10-11-16-20(18)23-21(17-22(24)25-4-2)19-13-8-6-9-14-19/h6,8-11,13-17,23H,3-5H2,1-2H3/b21-17+. The Morgan fingerprint density at radius 3 is 2.52 bits per heavy atom. The molecule has 2 rings (SSSR count). The zero-order valence-electron chi connectivity index (χ0n) is 14.7. The van der Waals surface area contributed by atoms with Crippen molar-refractivity contribution in [1.29, 1.82) is 0 Å². The van der Waals surface area contributed by atoms with Crippen molar-refractivity contribution in [2.45, 2.75) is 26.7 Å². The molecule has 0 fully saturated rings. The molecule has 25 heavy (non-hydrogen) atoms. The lowest BCUT2D eigenvalue weighted by Gasteiger charge is -2.13. The molecule has 0 atom stereocenters. The summed E-state index contributed by atoms with van der Waals surface area (Å²) in [5.41, 5.74) is 3.36. The highest BCUT2D eigenvalue weighted by atomic mass is 16.5. The van der Waals surface area contributed by atoms with Crippen molar-refractivity contribution in [1.82, 2.24) is 0 Å². The van der Waals surface area contributed by atoms with Crippen molar-refractivity contribution >= 4 is 17.4 Å². The topological polar surface area (TPSA) is 38.3 Å². The van der Waals surface area contributed by atoms with Crippen molar-refractivity contribution < 1.29 is 9.53 Å². The van der Waals surface area contributed by atoms with Crippen LogP contribution in [0, 0.1) is 11.8 Å². The van der Waals surface area contributed by atoms with Crippen LogP contribution in [0.15, 0.2) is 60.7 Å². The lowest BCUT2D eigenvalue weighted by Crippen LogP contribution is -2.06. The van der Waals surface area contributed by atoms with Gasteiger partial charge in [-0.2, -0.15) is 0 Å². The molecular weight excluding hydrogens is 310 g/mol. The summed E-state index contributed by atoms with van der Waals surface area (Å²) in [5, 5.41) is 3.34. The number of esters is 1. The lowest BCUT2D eigenvalue weighted by atomic mass is 10.1. The number of hydrogen-bond acceptors (Lipinski definition) is 3. The summed E-state index contributed by atoms with van der Waals surface area (Å²) in [4.78, 5) is 11.9. The highest BCUT2D eigenvalue weighted by Gasteiger charge is 2.08. The molecule has 0 aliphatic rings. The quantitative estimate of drug-likeness (QED) is 0.466. The average Bonchev–Trinajstić information content (AvgIpc) is 2.63. The number of para-hydroxylation sites is 1. The molecule has 0 heterocycles.